The molecule has 2 aromatic rings. The molecule has 0 saturated heterocycles. The van der Waals surface area contributed by atoms with Crippen LogP contribution in [0.15, 0.2) is 53.5 Å². The minimum absolute atomic E-state index is 0.0440. The van der Waals surface area contributed by atoms with Crippen LogP contribution in [0.4, 0.5) is 13.2 Å². The Labute approximate surface area is 173 Å². The lowest BCUT2D eigenvalue weighted by atomic mass is 10.2. The molecule has 0 saturated carbocycles. The topological polar surface area (TPSA) is 75.1 Å². The SMILES string of the molecule is CCNC(=NCc1cccc(OC)c1)NCC(O)COc1cccc(C(F)(F)F)c1. The van der Waals surface area contributed by atoms with Crippen molar-refractivity contribution in [3.8, 4) is 11.5 Å². The Kier molecular flexibility index (Phi) is 8.79. The number of ether oxygens (including phenoxy) is 2. The highest BCUT2D eigenvalue weighted by atomic mass is 19.4. The maximum absolute atomic E-state index is 12.7. The fourth-order valence-corrected chi connectivity index (χ4v) is 2.51. The first kappa shape index (κ1) is 23.3. The van der Waals surface area contributed by atoms with Crippen molar-refractivity contribution in [2.24, 2.45) is 4.99 Å². The van der Waals surface area contributed by atoms with Crippen LogP contribution in [0.1, 0.15) is 18.1 Å². The Bertz CT molecular complexity index is 828. The Balaban J connectivity index is 1.86. The van der Waals surface area contributed by atoms with Gasteiger partial charge in [-0.05, 0) is 42.8 Å². The molecule has 0 fully saturated rings. The molecule has 0 radical (unpaired) electrons. The van der Waals surface area contributed by atoms with Crippen LogP contribution < -0.4 is 20.1 Å². The van der Waals surface area contributed by atoms with Crippen molar-refractivity contribution in [2.75, 3.05) is 26.8 Å². The first-order valence-electron chi connectivity index (χ1n) is 9.45. The van der Waals surface area contributed by atoms with Crippen LogP contribution in [0, 0.1) is 0 Å². The van der Waals surface area contributed by atoms with Crippen LogP contribution in [0.25, 0.3) is 0 Å². The number of methoxy groups -OCH3 is 1. The summed E-state index contributed by atoms with van der Waals surface area (Å²) in [6.07, 6.45) is -5.39. The van der Waals surface area contributed by atoms with Crippen molar-refractivity contribution in [3.63, 3.8) is 0 Å². The lowest BCUT2D eigenvalue weighted by Crippen LogP contribution is -2.42. The molecule has 2 aromatic carbocycles. The van der Waals surface area contributed by atoms with E-state index < -0.39 is 17.8 Å². The maximum atomic E-state index is 12.7. The summed E-state index contributed by atoms with van der Waals surface area (Å²) in [5.74, 6) is 1.28. The number of benzene rings is 2. The van der Waals surface area contributed by atoms with Crippen LogP contribution in [-0.2, 0) is 12.7 Å². The summed E-state index contributed by atoms with van der Waals surface area (Å²) in [6.45, 7) is 2.90. The monoisotopic (exact) mass is 425 g/mol. The predicted molar refractivity (Wildman–Crippen MR) is 109 cm³/mol. The summed E-state index contributed by atoms with van der Waals surface area (Å²) >= 11 is 0. The van der Waals surface area contributed by atoms with Gasteiger partial charge in [0.2, 0.25) is 0 Å². The zero-order valence-electron chi connectivity index (χ0n) is 16.9. The molecule has 164 valence electrons. The van der Waals surface area contributed by atoms with Crippen LogP contribution in [-0.4, -0.2) is 44.0 Å². The highest BCUT2D eigenvalue weighted by Crippen LogP contribution is 2.31. The van der Waals surface area contributed by atoms with Crippen LogP contribution in [0.2, 0.25) is 0 Å². The molecule has 0 bridgehead atoms. The summed E-state index contributed by atoms with van der Waals surface area (Å²) in [7, 11) is 1.59. The molecule has 0 aliphatic heterocycles. The van der Waals surface area contributed by atoms with Gasteiger partial charge in [-0.3, -0.25) is 0 Å². The molecule has 1 unspecified atom stereocenters. The van der Waals surface area contributed by atoms with E-state index in [9.17, 15) is 18.3 Å². The van der Waals surface area contributed by atoms with E-state index in [-0.39, 0.29) is 18.9 Å². The number of guanidine groups is 1. The Morgan fingerprint density at radius 2 is 1.83 bits per heavy atom. The van der Waals surface area contributed by atoms with E-state index in [1.807, 2.05) is 31.2 Å². The first-order valence-corrected chi connectivity index (χ1v) is 9.45. The second kappa shape index (κ2) is 11.3. The summed E-state index contributed by atoms with van der Waals surface area (Å²) in [4.78, 5) is 4.45. The third-order valence-corrected chi connectivity index (χ3v) is 4.01. The molecule has 0 amide bonds. The molecule has 3 N–H and O–H groups in total. The van der Waals surface area contributed by atoms with Gasteiger partial charge >= 0.3 is 6.18 Å². The molecule has 2 rings (SSSR count). The number of nitrogens with one attached hydrogen (secondary N) is 2. The standard InChI is InChI=1S/C21H26F3N3O3/c1-3-25-20(26-12-15-6-4-8-18(10-15)29-2)27-13-17(28)14-30-19-9-5-7-16(11-19)21(22,23)24/h4-11,17,28H,3,12-14H2,1-2H3,(H2,25,26,27). The zero-order valence-corrected chi connectivity index (χ0v) is 16.9. The normalized spacial score (nSPS) is 12.9. The maximum Gasteiger partial charge on any atom is 0.416 e. The molecule has 9 heteroatoms. The van der Waals surface area contributed by atoms with E-state index in [2.05, 4.69) is 15.6 Å². The van der Waals surface area contributed by atoms with Gasteiger partial charge in [0.1, 0.15) is 24.2 Å². The molecule has 0 heterocycles. The third kappa shape index (κ3) is 7.82. The summed E-state index contributed by atoms with van der Waals surface area (Å²) in [6, 6.07) is 12.1. The van der Waals surface area contributed by atoms with Crippen molar-refractivity contribution < 1.29 is 27.8 Å². The lowest BCUT2D eigenvalue weighted by Gasteiger charge is -2.16. The lowest BCUT2D eigenvalue weighted by molar-refractivity contribution is -0.137. The number of alkyl halides is 3. The molecule has 0 aliphatic carbocycles. The van der Waals surface area contributed by atoms with Crippen molar-refractivity contribution in [3.05, 3.63) is 59.7 Å². The van der Waals surface area contributed by atoms with E-state index in [1.165, 1.54) is 12.1 Å². The summed E-state index contributed by atoms with van der Waals surface area (Å²) in [5.41, 5.74) is 0.159. The highest BCUT2D eigenvalue weighted by molar-refractivity contribution is 5.79. The number of aliphatic imine (C=N–C) groups is 1. The largest absolute Gasteiger partial charge is 0.497 e. The number of halogens is 3. The number of hydrogen-bond acceptors (Lipinski definition) is 4. The average Bonchev–Trinajstić information content (AvgIpc) is 2.74. The smallest absolute Gasteiger partial charge is 0.416 e. The van der Waals surface area contributed by atoms with Gasteiger partial charge in [-0.15, -0.1) is 0 Å². The minimum Gasteiger partial charge on any atom is -0.497 e. The Morgan fingerprint density at radius 1 is 1.10 bits per heavy atom. The number of aliphatic hydroxyl groups excluding tert-OH is 1. The number of aliphatic hydroxyl groups is 1. The molecule has 0 spiro atoms. The molecular formula is C21H26F3N3O3. The van der Waals surface area contributed by atoms with Gasteiger partial charge in [-0.25, -0.2) is 4.99 Å². The highest BCUT2D eigenvalue weighted by Gasteiger charge is 2.30. The van der Waals surface area contributed by atoms with E-state index >= 15 is 0 Å². The second-order valence-electron chi connectivity index (χ2n) is 6.42. The fourth-order valence-electron chi connectivity index (χ4n) is 2.51. The predicted octanol–water partition coefficient (Wildman–Crippen LogP) is 3.21. The van der Waals surface area contributed by atoms with E-state index in [0.29, 0.717) is 19.0 Å². The van der Waals surface area contributed by atoms with Gasteiger partial charge in [-0.2, -0.15) is 13.2 Å². The summed E-state index contributed by atoms with van der Waals surface area (Å²) < 4.78 is 48.7. The molecule has 30 heavy (non-hydrogen) atoms. The van der Waals surface area contributed by atoms with E-state index in [4.69, 9.17) is 9.47 Å². The van der Waals surface area contributed by atoms with Crippen LogP contribution >= 0.6 is 0 Å². The average molecular weight is 425 g/mol. The molecule has 1 atom stereocenters. The van der Waals surface area contributed by atoms with Gasteiger partial charge in [0.15, 0.2) is 5.96 Å². The molecule has 6 nitrogen and oxygen atoms in total. The van der Waals surface area contributed by atoms with Crippen LogP contribution in [0.5, 0.6) is 11.5 Å². The van der Waals surface area contributed by atoms with Crippen molar-refractivity contribution in [2.45, 2.75) is 25.7 Å². The zero-order chi connectivity index (χ0) is 22.0. The van der Waals surface area contributed by atoms with Crippen LogP contribution in [0.3, 0.4) is 0 Å². The fraction of sp³-hybridized carbons (Fsp3) is 0.381. The van der Waals surface area contributed by atoms with Gasteiger partial charge in [-0.1, -0.05) is 18.2 Å². The Morgan fingerprint density at radius 3 is 2.53 bits per heavy atom. The van der Waals surface area contributed by atoms with E-state index in [1.54, 1.807) is 7.11 Å². The third-order valence-electron chi connectivity index (χ3n) is 4.01. The van der Waals surface area contributed by atoms with Gasteiger partial charge in [0.25, 0.3) is 0 Å². The second-order valence-corrected chi connectivity index (χ2v) is 6.42. The van der Waals surface area contributed by atoms with Gasteiger partial charge < -0.3 is 25.2 Å². The van der Waals surface area contributed by atoms with Gasteiger partial charge in [0, 0.05) is 13.1 Å². The van der Waals surface area contributed by atoms with Gasteiger partial charge in [0.05, 0.1) is 19.2 Å². The van der Waals surface area contributed by atoms with Crippen molar-refractivity contribution in [1.82, 2.24) is 10.6 Å². The Hall–Kier alpha value is -2.94. The van der Waals surface area contributed by atoms with Crippen molar-refractivity contribution >= 4 is 5.96 Å². The minimum atomic E-state index is -4.44. The molecule has 0 aliphatic rings. The summed E-state index contributed by atoms with van der Waals surface area (Å²) in [5, 5.41) is 16.2. The molecular weight excluding hydrogens is 399 g/mol. The number of nitrogens with zero attached hydrogens (tertiary/aromatic N) is 1. The molecule has 0 aromatic heterocycles. The quantitative estimate of drug-likeness (QED) is 0.425. The van der Waals surface area contributed by atoms with E-state index in [0.717, 1.165) is 23.4 Å². The number of hydrogen-bond donors (Lipinski definition) is 3. The van der Waals surface area contributed by atoms with Crippen molar-refractivity contribution in [1.29, 1.82) is 0 Å². The first-order chi connectivity index (χ1) is 14.3. The number of rotatable bonds is 9.